The van der Waals surface area contributed by atoms with Gasteiger partial charge in [0.15, 0.2) is 0 Å². The monoisotopic (exact) mass is 341 g/mol. The summed E-state index contributed by atoms with van der Waals surface area (Å²) < 4.78 is 0. The molecular weight excluding hydrogens is 326 g/mol. The van der Waals surface area contributed by atoms with Gasteiger partial charge in [-0.3, -0.25) is 10.1 Å². The van der Waals surface area contributed by atoms with E-state index in [1.54, 1.807) is 24.3 Å². The van der Waals surface area contributed by atoms with Gasteiger partial charge in [0.2, 0.25) is 0 Å². The fourth-order valence-corrected chi connectivity index (χ4v) is 2.60. The number of amides is 3. The van der Waals surface area contributed by atoms with E-state index in [1.807, 2.05) is 30.5 Å². The number of hydrogen-bond donors (Lipinski definition) is 3. The molecule has 3 rings (SSSR count). The van der Waals surface area contributed by atoms with Crippen LogP contribution in [0.15, 0.2) is 54.7 Å². The molecule has 0 radical (unpaired) electrons. The van der Waals surface area contributed by atoms with E-state index in [2.05, 4.69) is 15.6 Å². The van der Waals surface area contributed by atoms with E-state index in [1.165, 1.54) is 0 Å². The van der Waals surface area contributed by atoms with Crippen LogP contribution in [0.1, 0.15) is 15.9 Å². The number of urea groups is 1. The van der Waals surface area contributed by atoms with Crippen molar-refractivity contribution in [1.82, 2.24) is 15.6 Å². The maximum atomic E-state index is 11.9. The second-order valence-electron chi connectivity index (χ2n) is 5.33. The van der Waals surface area contributed by atoms with Crippen molar-refractivity contribution in [2.75, 3.05) is 6.54 Å². The van der Waals surface area contributed by atoms with Gasteiger partial charge in [-0.25, -0.2) is 4.79 Å². The number of H-pyrrole nitrogens is 1. The molecule has 0 fully saturated rings. The highest BCUT2D eigenvalue weighted by atomic mass is 35.5. The zero-order valence-corrected chi connectivity index (χ0v) is 13.6. The summed E-state index contributed by atoms with van der Waals surface area (Å²) in [5, 5.41) is 6.65. The average Bonchev–Trinajstić information content (AvgIpc) is 2.99. The molecule has 3 aromatic rings. The van der Waals surface area contributed by atoms with Crippen molar-refractivity contribution in [3.8, 4) is 0 Å². The molecule has 1 heterocycles. The first-order valence-corrected chi connectivity index (χ1v) is 7.91. The van der Waals surface area contributed by atoms with Crippen LogP contribution in [0.3, 0.4) is 0 Å². The minimum atomic E-state index is -0.519. The molecule has 0 aliphatic carbocycles. The molecular formula is C18H16ClN3O2. The van der Waals surface area contributed by atoms with Crippen LogP contribution >= 0.6 is 11.6 Å². The van der Waals surface area contributed by atoms with Crippen molar-refractivity contribution in [1.29, 1.82) is 0 Å². The summed E-state index contributed by atoms with van der Waals surface area (Å²) in [7, 11) is 0. The van der Waals surface area contributed by atoms with Crippen LogP contribution in [-0.2, 0) is 6.42 Å². The van der Waals surface area contributed by atoms with Crippen LogP contribution in [-0.4, -0.2) is 23.5 Å². The minimum absolute atomic E-state index is 0.381. The van der Waals surface area contributed by atoms with E-state index >= 15 is 0 Å². The highest BCUT2D eigenvalue weighted by Crippen LogP contribution is 2.17. The molecule has 6 heteroatoms. The van der Waals surface area contributed by atoms with E-state index in [-0.39, 0.29) is 0 Å². The topological polar surface area (TPSA) is 74.0 Å². The molecule has 0 spiro atoms. The Morgan fingerprint density at radius 2 is 1.79 bits per heavy atom. The van der Waals surface area contributed by atoms with Crippen LogP contribution < -0.4 is 10.6 Å². The van der Waals surface area contributed by atoms with Gasteiger partial charge in [-0.15, -0.1) is 0 Å². The van der Waals surface area contributed by atoms with Crippen molar-refractivity contribution >= 4 is 34.4 Å². The van der Waals surface area contributed by atoms with Crippen molar-refractivity contribution in [3.05, 3.63) is 70.9 Å². The largest absolute Gasteiger partial charge is 0.361 e. The van der Waals surface area contributed by atoms with E-state index < -0.39 is 11.9 Å². The number of hydrogen-bond acceptors (Lipinski definition) is 2. The standard InChI is InChI=1S/C18H16ClN3O2/c19-14-7-5-12(6-8-14)17(23)22-18(24)20-10-9-13-11-21-16-4-2-1-3-15(13)16/h1-8,11,21H,9-10H2,(H2,20,22,23,24). The molecule has 24 heavy (non-hydrogen) atoms. The third-order valence-electron chi connectivity index (χ3n) is 3.69. The SMILES string of the molecule is O=C(NCCc1c[nH]c2ccccc12)NC(=O)c1ccc(Cl)cc1. The maximum absolute atomic E-state index is 11.9. The summed E-state index contributed by atoms with van der Waals surface area (Å²) in [6.07, 6.45) is 2.61. The number of halogens is 1. The lowest BCUT2D eigenvalue weighted by atomic mass is 10.1. The number of benzene rings is 2. The van der Waals surface area contributed by atoms with Gasteiger partial charge in [-0.05, 0) is 42.3 Å². The normalized spacial score (nSPS) is 10.5. The Morgan fingerprint density at radius 3 is 2.58 bits per heavy atom. The Morgan fingerprint density at radius 1 is 1.04 bits per heavy atom. The number of imide groups is 1. The number of fused-ring (bicyclic) bond motifs is 1. The number of carbonyl (C=O) groups excluding carboxylic acids is 2. The van der Waals surface area contributed by atoms with Crippen molar-refractivity contribution < 1.29 is 9.59 Å². The highest BCUT2D eigenvalue weighted by Gasteiger charge is 2.10. The fraction of sp³-hybridized carbons (Fsp3) is 0.111. The number of aromatic nitrogens is 1. The van der Waals surface area contributed by atoms with Gasteiger partial charge in [0.1, 0.15) is 0 Å². The Bertz CT molecular complexity index is 871. The number of carbonyl (C=O) groups is 2. The first kappa shape index (κ1) is 16.1. The average molecular weight is 342 g/mol. The Labute approximate surface area is 144 Å². The zero-order chi connectivity index (χ0) is 16.9. The summed E-state index contributed by atoms with van der Waals surface area (Å²) >= 11 is 5.77. The van der Waals surface area contributed by atoms with Crippen molar-refractivity contribution in [3.63, 3.8) is 0 Å². The lowest BCUT2D eigenvalue weighted by molar-refractivity contribution is 0.0964. The van der Waals surface area contributed by atoms with Crippen LogP contribution in [0.2, 0.25) is 5.02 Å². The van der Waals surface area contributed by atoms with Crippen molar-refractivity contribution in [2.45, 2.75) is 6.42 Å². The highest BCUT2D eigenvalue weighted by molar-refractivity contribution is 6.30. The number of rotatable bonds is 4. The summed E-state index contributed by atoms with van der Waals surface area (Å²) in [6.45, 7) is 0.432. The van der Waals surface area contributed by atoms with Crippen molar-refractivity contribution in [2.24, 2.45) is 0 Å². The molecule has 3 N–H and O–H groups in total. The van der Waals surface area contributed by atoms with E-state index in [9.17, 15) is 9.59 Å². The molecule has 0 aliphatic rings. The predicted octanol–water partition coefficient (Wildman–Crippen LogP) is 3.50. The van der Waals surface area contributed by atoms with Gasteiger partial charge in [0, 0.05) is 34.2 Å². The second kappa shape index (κ2) is 7.19. The van der Waals surface area contributed by atoms with Gasteiger partial charge in [-0.2, -0.15) is 0 Å². The lowest BCUT2D eigenvalue weighted by Crippen LogP contribution is -2.40. The Balaban J connectivity index is 1.50. The molecule has 0 saturated carbocycles. The smallest absolute Gasteiger partial charge is 0.321 e. The minimum Gasteiger partial charge on any atom is -0.361 e. The molecule has 1 aromatic heterocycles. The Kier molecular flexibility index (Phi) is 4.82. The zero-order valence-electron chi connectivity index (χ0n) is 12.8. The van der Waals surface area contributed by atoms with E-state index in [0.717, 1.165) is 16.5 Å². The molecule has 122 valence electrons. The first-order chi connectivity index (χ1) is 11.6. The summed E-state index contributed by atoms with van der Waals surface area (Å²) in [4.78, 5) is 26.9. The molecule has 5 nitrogen and oxygen atoms in total. The molecule has 2 aromatic carbocycles. The quantitative estimate of drug-likeness (QED) is 0.679. The third kappa shape index (κ3) is 3.75. The summed E-state index contributed by atoms with van der Waals surface area (Å²) in [5.74, 6) is -0.462. The van der Waals surface area contributed by atoms with E-state index in [0.29, 0.717) is 23.6 Å². The molecule has 0 atom stereocenters. The molecule has 0 saturated heterocycles. The number of aromatic amines is 1. The Hall–Kier alpha value is -2.79. The maximum Gasteiger partial charge on any atom is 0.321 e. The number of para-hydroxylation sites is 1. The summed E-state index contributed by atoms with van der Waals surface area (Å²) in [6, 6.07) is 13.8. The van der Waals surface area contributed by atoms with Crippen LogP contribution in [0.25, 0.3) is 10.9 Å². The van der Waals surface area contributed by atoms with Gasteiger partial charge < -0.3 is 10.3 Å². The number of nitrogens with one attached hydrogen (secondary N) is 3. The van der Waals surface area contributed by atoms with Gasteiger partial charge in [0.25, 0.3) is 5.91 Å². The molecule has 0 bridgehead atoms. The predicted molar refractivity (Wildman–Crippen MR) is 94.3 cm³/mol. The fourth-order valence-electron chi connectivity index (χ4n) is 2.47. The first-order valence-electron chi connectivity index (χ1n) is 7.53. The lowest BCUT2D eigenvalue weighted by Gasteiger charge is -2.06. The molecule has 0 aliphatic heterocycles. The molecule has 0 unspecified atom stereocenters. The second-order valence-corrected chi connectivity index (χ2v) is 5.76. The van der Waals surface area contributed by atoms with Gasteiger partial charge in [-0.1, -0.05) is 29.8 Å². The van der Waals surface area contributed by atoms with Crippen LogP contribution in [0.4, 0.5) is 4.79 Å². The van der Waals surface area contributed by atoms with Gasteiger partial charge in [0.05, 0.1) is 0 Å². The third-order valence-corrected chi connectivity index (χ3v) is 3.94. The van der Waals surface area contributed by atoms with Crippen LogP contribution in [0.5, 0.6) is 0 Å². The van der Waals surface area contributed by atoms with E-state index in [4.69, 9.17) is 11.6 Å². The molecule has 3 amide bonds. The van der Waals surface area contributed by atoms with Crippen LogP contribution in [0, 0.1) is 0 Å². The van der Waals surface area contributed by atoms with Gasteiger partial charge >= 0.3 is 6.03 Å². The summed E-state index contributed by atoms with van der Waals surface area (Å²) in [5.41, 5.74) is 2.57.